The van der Waals surface area contributed by atoms with Crippen LogP contribution in [0, 0.1) is 5.41 Å². The third-order valence-corrected chi connectivity index (χ3v) is 5.37. The zero-order chi connectivity index (χ0) is 16.5. The minimum Gasteiger partial charge on any atom is -0.444 e. The monoisotopic (exact) mass is 324 g/mol. The Balaban J connectivity index is 1.39. The van der Waals surface area contributed by atoms with Gasteiger partial charge in [-0.25, -0.2) is 4.79 Å². The summed E-state index contributed by atoms with van der Waals surface area (Å²) in [4.78, 5) is 13.9. The first-order valence-electron chi connectivity index (χ1n) is 9.19. The molecule has 0 bridgehead atoms. The van der Waals surface area contributed by atoms with Crippen LogP contribution in [-0.2, 0) is 9.47 Å². The molecule has 3 fully saturated rings. The normalized spacial score (nSPS) is 26.1. The highest BCUT2D eigenvalue weighted by molar-refractivity contribution is 5.69. The predicted octanol–water partition coefficient (Wildman–Crippen LogP) is 2.93. The van der Waals surface area contributed by atoms with E-state index < -0.39 is 5.60 Å². The van der Waals surface area contributed by atoms with Crippen molar-refractivity contribution in [1.29, 1.82) is 0 Å². The highest BCUT2D eigenvalue weighted by Gasteiger charge is 2.48. The number of hydrogen-bond donors (Lipinski definition) is 1. The summed E-state index contributed by atoms with van der Waals surface area (Å²) in [5.41, 5.74) is -0.0644. The molecule has 0 aromatic heterocycles. The first-order valence-corrected chi connectivity index (χ1v) is 9.19. The molecule has 0 aromatic carbocycles. The van der Waals surface area contributed by atoms with Crippen LogP contribution in [-0.4, -0.2) is 55.0 Å². The fourth-order valence-corrected chi connectivity index (χ4v) is 4.08. The molecule has 3 rings (SSSR count). The number of nitrogens with zero attached hydrogens (tertiary/aromatic N) is 1. The molecule has 1 saturated carbocycles. The van der Waals surface area contributed by atoms with Gasteiger partial charge < -0.3 is 19.7 Å². The van der Waals surface area contributed by atoms with E-state index in [0.29, 0.717) is 17.6 Å². The lowest BCUT2D eigenvalue weighted by molar-refractivity contribution is -0.0952. The van der Waals surface area contributed by atoms with Crippen LogP contribution < -0.4 is 5.32 Å². The number of ether oxygens (including phenoxy) is 2. The van der Waals surface area contributed by atoms with Crippen molar-refractivity contribution in [3.63, 3.8) is 0 Å². The molecule has 2 heterocycles. The van der Waals surface area contributed by atoms with E-state index in [9.17, 15) is 4.79 Å². The highest BCUT2D eigenvalue weighted by Crippen LogP contribution is 2.45. The number of nitrogens with one attached hydrogen (secondary N) is 1. The van der Waals surface area contributed by atoms with Gasteiger partial charge in [-0.3, -0.25) is 0 Å². The third kappa shape index (κ3) is 4.38. The van der Waals surface area contributed by atoms with E-state index in [2.05, 4.69) is 5.32 Å². The lowest BCUT2D eigenvalue weighted by Crippen LogP contribution is -2.60. The van der Waals surface area contributed by atoms with Crippen molar-refractivity contribution in [3.05, 3.63) is 0 Å². The van der Waals surface area contributed by atoms with Gasteiger partial charge in [0.1, 0.15) is 5.60 Å². The van der Waals surface area contributed by atoms with Crippen LogP contribution in [0.2, 0.25) is 0 Å². The van der Waals surface area contributed by atoms with E-state index in [-0.39, 0.29) is 6.09 Å². The van der Waals surface area contributed by atoms with Crippen LogP contribution in [0.15, 0.2) is 0 Å². The Morgan fingerprint density at radius 1 is 1.04 bits per heavy atom. The Kier molecular flexibility index (Phi) is 4.88. The summed E-state index contributed by atoms with van der Waals surface area (Å²) >= 11 is 0. The summed E-state index contributed by atoms with van der Waals surface area (Å²) < 4.78 is 11.7. The smallest absolute Gasteiger partial charge is 0.410 e. The van der Waals surface area contributed by atoms with Crippen molar-refractivity contribution < 1.29 is 14.3 Å². The lowest BCUT2D eigenvalue weighted by Gasteiger charge is -2.53. The van der Waals surface area contributed by atoms with Gasteiger partial charge in [-0.2, -0.15) is 0 Å². The molecule has 0 atom stereocenters. The fourth-order valence-electron chi connectivity index (χ4n) is 4.08. The van der Waals surface area contributed by atoms with Crippen LogP contribution in [0.25, 0.3) is 0 Å². The molecule has 5 heteroatoms. The average molecular weight is 324 g/mol. The number of amides is 1. The zero-order valence-corrected chi connectivity index (χ0v) is 14.9. The number of rotatable bonds is 2. The minimum absolute atomic E-state index is 0.156. The molecule has 3 aliphatic rings. The van der Waals surface area contributed by atoms with Crippen LogP contribution in [0.5, 0.6) is 0 Å². The van der Waals surface area contributed by atoms with Gasteiger partial charge >= 0.3 is 6.09 Å². The summed E-state index contributed by atoms with van der Waals surface area (Å²) in [6, 6.07) is 0. The standard InChI is InChI=1S/C18H32N2O3/c1-17(2,3)23-16(21)20-12-18(13-20)8-4-14(5-9-18)22-15-6-10-19-11-7-15/h14-15,19H,4-13H2,1-3H3. The molecule has 2 aliphatic heterocycles. The zero-order valence-electron chi connectivity index (χ0n) is 14.9. The predicted molar refractivity (Wildman–Crippen MR) is 89.5 cm³/mol. The Bertz CT molecular complexity index is 410. The summed E-state index contributed by atoms with van der Waals surface area (Å²) in [5, 5.41) is 3.39. The fraction of sp³-hybridized carbons (Fsp3) is 0.944. The van der Waals surface area contributed by atoms with Crippen molar-refractivity contribution in [3.8, 4) is 0 Å². The summed E-state index contributed by atoms with van der Waals surface area (Å²) in [5.74, 6) is 0. The largest absolute Gasteiger partial charge is 0.444 e. The quantitative estimate of drug-likeness (QED) is 0.848. The molecule has 1 N–H and O–H groups in total. The molecule has 132 valence electrons. The maximum atomic E-state index is 12.1. The van der Waals surface area contributed by atoms with Gasteiger partial charge in [0.05, 0.1) is 12.2 Å². The number of carbonyl (C=O) groups is 1. The topological polar surface area (TPSA) is 50.8 Å². The average Bonchev–Trinajstić information content (AvgIpc) is 2.45. The number of piperidine rings is 1. The van der Waals surface area contributed by atoms with Crippen LogP contribution in [0.4, 0.5) is 4.79 Å². The third-order valence-electron chi connectivity index (χ3n) is 5.37. The summed E-state index contributed by atoms with van der Waals surface area (Å²) in [7, 11) is 0. The van der Waals surface area contributed by atoms with E-state index in [0.717, 1.165) is 51.9 Å². The second-order valence-corrected chi connectivity index (χ2v) is 8.62. The molecule has 0 radical (unpaired) electrons. The molecule has 0 unspecified atom stereocenters. The van der Waals surface area contributed by atoms with Crippen molar-refractivity contribution >= 4 is 6.09 Å². The van der Waals surface area contributed by atoms with E-state index in [1.165, 1.54) is 12.8 Å². The van der Waals surface area contributed by atoms with E-state index >= 15 is 0 Å². The Hall–Kier alpha value is -0.810. The molecule has 23 heavy (non-hydrogen) atoms. The Morgan fingerprint density at radius 3 is 2.17 bits per heavy atom. The van der Waals surface area contributed by atoms with Crippen molar-refractivity contribution in [2.45, 2.75) is 77.1 Å². The number of hydrogen-bond acceptors (Lipinski definition) is 4. The maximum Gasteiger partial charge on any atom is 0.410 e. The molecular formula is C18H32N2O3. The van der Waals surface area contributed by atoms with E-state index in [1.54, 1.807) is 0 Å². The maximum absolute atomic E-state index is 12.1. The van der Waals surface area contributed by atoms with Gasteiger partial charge in [0.2, 0.25) is 0 Å². The van der Waals surface area contributed by atoms with Crippen LogP contribution in [0.3, 0.4) is 0 Å². The van der Waals surface area contributed by atoms with Crippen molar-refractivity contribution in [2.24, 2.45) is 5.41 Å². The van der Waals surface area contributed by atoms with Gasteiger partial charge in [-0.1, -0.05) is 0 Å². The number of carbonyl (C=O) groups excluding carboxylic acids is 1. The van der Waals surface area contributed by atoms with Crippen molar-refractivity contribution in [2.75, 3.05) is 26.2 Å². The summed E-state index contributed by atoms with van der Waals surface area (Å²) in [6.07, 6.45) is 7.68. The highest BCUT2D eigenvalue weighted by atomic mass is 16.6. The first kappa shape index (κ1) is 17.0. The Morgan fingerprint density at radius 2 is 1.61 bits per heavy atom. The van der Waals surface area contributed by atoms with Gasteiger partial charge in [0, 0.05) is 18.5 Å². The molecule has 1 aliphatic carbocycles. The molecule has 1 spiro atoms. The SMILES string of the molecule is CC(C)(C)OC(=O)N1CC2(CCC(OC3CCNCC3)CC2)C1. The second-order valence-electron chi connectivity index (χ2n) is 8.62. The van der Waals surface area contributed by atoms with Crippen LogP contribution >= 0.6 is 0 Å². The molecular weight excluding hydrogens is 292 g/mol. The first-order chi connectivity index (χ1) is 10.9. The summed E-state index contributed by atoms with van der Waals surface area (Å²) in [6.45, 7) is 9.67. The Labute approximate surface area is 140 Å². The van der Waals surface area contributed by atoms with Gasteiger partial charge in [-0.05, 0) is 72.4 Å². The molecule has 2 saturated heterocycles. The lowest BCUT2D eigenvalue weighted by atomic mass is 9.68. The van der Waals surface area contributed by atoms with Gasteiger partial charge in [0.25, 0.3) is 0 Å². The van der Waals surface area contributed by atoms with E-state index in [4.69, 9.17) is 9.47 Å². The van der Waals surface area contributed by atoms with Gasteiger partial charge in [0.15, 0.2) is 0 Å². The molecule has 0 aromatic rings. The van der Waals surface area contributed by atoms with Gasteiger partial charge in [-0.15, -0.1) is 0 Å². The number of likely N-dealkylation sites (tertiary alicyclic amines) is 1. The molecule has 1 amide bonds. The van der Waals surface area contributed by atoms with E-state index in [1.807, 2.05) is 25.7 Å². The second kappa shape index (κ2) is 6.60. The molecule has 5 nitrogen and oxygen atoms in total. The minimum atomic E-state index is -0.403. The van der Waals surface area contributed by atoms with Crippen molar-refractivity contribution in [1.82, 2.24) is 10.2 Å². The van der Waals surface area contributed by atoms with Crippen LogP contribution in [0.1, 0.15) is 59.3 Å².